The van der Waals surface area contributed by atoms with Crippen LogP contribution in [0, 0.1) is 5.41 Å². The van der Waals surface area contributed by atoms with Crippen LogP contribution < -0.4 is 11.1 Å². The Morgan fingerprint density at radius 2 is 2.00 bits per heavy atom. The Bertz CT molecular complexity index is 305. The first-order chi connectivity index (χ1) is 9.18. The number of nitrogens with zero attached hydrogens (tertiary/aromatic N) is 2. The number of nitrogens with one attached hydrogen (secondary N) is 1. The average molecular weight is 398 g/mol. The molecule has 0 aromatic rings. The van der Waals surface area contributed by atoms with E-state index < -0.39 is 0 Å². The van der Waals surface area contributed by atoms with Crippen LogP contribution in [0.4, 0.5) is 0 Å². The molecular weight excluding hydrogens is 371 g/mol. The second-order valence-corrected chi connectivity index (χ2v) is 5.74. The Morgan fingerprint density at radius 1 is 1.30 bits per heavy atom. The number of halogens is 1. The van der Waals surface area contributed by atoms with E-state index in [0.29, 0.717) is 5.96 Å². The fraction of sp³-hybridized carbons (Fsp3) is 0.923. The van der Waals surface area contributed by atoms with Crippen LogP contribution in [-0.2, 0) is 9.47 Å². The molecule has 2 fully saturated rings. The van der Waals surface area contributed by atoms with Gasteiger partial charge in [-0.05, 0) is 13.0 Å². The summed E-state index contributed by atoms with van der Waals surface area (Å²) in [7, 11) is 0. The molecule has 2 saturated heterocycles. The molecule has 2 rings (SSSR count). The molecule has 2 aliphatic rings. The van der Waals surface area contributed by atoms with Crippen molar-refractivity contribution in [2.75, 3.05) is 59.2 Å². The number of morpholine rings is 1. The van der Waals surface area contributed by atoms with Gasteiger partial charge in [-0.25, -0.2) is 0 Å². The van der Waals surface area contributed by atoms with Gasteiger partial charge in [0.15, 0.2) is 5.96 Å². The van der Waals surface area contributed by atoms with Crippen molar-refractivity contribution in [2.24, 2.45) is 16.1 Å². The zero-order chi connectivity index (χ0) is 13.6. The lowest BCUT2D eigenvalue weighted by atomic mass is 9.89. The summed E-state index contributed by atoms with van der Waals surface area (Å²) in [6.45, 7) is 10.3. The molecule has 2 aliphatic heterocycles. The SMILES string of the molecule is CC1(CN=C(N)NCCCN2CCOCC2)COC1.I. The first kappa shape index (κ1) is 17.9. The van der Waals surface area contributed by atoms with Crippen LogP contribution in [0.3, 0.4) is 0 Å². The second kappa shape index (κ2) is 9.01. The lowest BCUT2D eigenvalue weighted by Crippen LogP contribution is -2.44. The highest BCUT2D eigenvalue weighted by Gasteiger charge is 2.32. The van der Waals surface area contributed by atoms with E-state index in [1.54, 1.807) is 0 Å². The zero-order valence-corrected chi connectivity index (χ0v) is 14.6. The second-order valence-electron chi connectivity index (χ2n) is 5.74. The molecule has 118 valence electrons. The van der Waals surface area contributed by atoms with E-state index in [1.165, 1.54) is 0 Å². The third-order valence-electron chi connectivity index (χ3n) is 3.59. The normalized spacial score (nSPS) is 22.8. The highest BCUT2D eigenvalue weighted by Crippen LogP contribution is 2.26. The predicted molar refractivity (Wildman–Crippen MR) is 90.7 cm³/mol. The summed E-state index contributed by atoms with van der Waals surface area (Å²) in [4.78, 5) is 6.79. The van der Waals surface area contributed by atoms with E-state index in [9.17, 15) is 0 Å². The Morgan fingerprint density at radius 3 is 2.60 bits per heavy atom. The molecule has 2 heterocycles. The van der Waals surface area contributed by atoms with Crippen molar-refractivity contribution in [3.8, 4) is 0 Å². The Kier molecular flexibility index (Phi) is 8.08. The maximum Gasteiger partial charge on any atom is 0.188 e. The van der Waals surface area contributed by atoms with Gasteiger partial charge in [-0.3, -0.25) is 9.89 Å². The molecule has 0 saturated carbocycles. The quantitative estimate of drug-likeness (QED) is 0.291. The molecule has 0 radical (unpaired) electrons. The molecule has 0 bridgehead atoms. The molecule has 0 aromatic carbocycles. The number of nitrogens with two attached hydrogens (primary N) is 1. The first-order valence-electron chi connectivity index (χ1n) is 7.10. The largest absolute Gasteiger partial charge is 0.380 e. The van der Waals surface area contributed by atoms with Crippen LogP contribution in [0.15, 0.2) is 4.99 Å². The van der Waals surface area contributed by atoms with Gasteiger partial charge in [0.05, 0.1) is 33.0 Å². The smallest absolute Gasteiger partial charge is 0.188 e. The number of ether oxygens (including phenoxy) is 2. The summed E-state index contributed by atoms with van der Waals surface area (Å²) >= 11 is 0. The summed E-state index contributed by atoms with van der Waals surface area (Å²) in [6.07, 6.45) is 1.08. The van der Waals surface area contributed by atoms with E-state index in [-0.39, 0.29) is 29.4 Å². The molecule has 0 atom stereocenters. The van der Waals surface area contributed by atoms with Crippen LogP contribution in [0.2, 0.25) is 0 Å². The summed E-state index contributed by atoms with van der Waals surface area (Å²) in [6, 6.07) is 0. The zero-order valence-electron chi connectivity index (χ0n) is 12.3. The van der Waals surface area contributed by atoms with Gasteiger partial charge < -0.3 is 20.5 Å². The van der Waals surface area contributed by atoms with E-state index in [0.717, 1.165) is 65.6 Å². The van der Waals surface area contributed by atoms with Crippen molar-refractivity contribution in [3.63, 3.8) is 0 Å². The number of rotatable bonds is 6. The molecule has 7 heteroatoms. The molecule has 20 heavy (non-hydrogen) atoms. The maximum atomic E-state index is 5.84. The van der Waals surface area contributed by atoms with Gasteiger partial charge in [0, 0.05) is 25.0 Å². The van der Waals surface area contributed by atoms with Gasteiger partial charge in [-0.2, -0.15) is 0 Å². The number of aliphatic imine (C=N–C) groups is 1. The molecule has 0 aromatic heterocycles. The average Bonchev–Trinajstić information content (AvgIpc) is 2.40. The minimum Gasteiger partial charge on any atom is -0.380 e. The third kappa shape index (κ3) is 6.11. The summed E-state index contributed by atoms with van der Waals surface area (Å²) in [5.74, 6) is 0.551. The standard InChI is InChI=1S/C13H26N4O2.HI/c1-13(10-19-11-13)9-16-12(14)15-3-2-4-17-5-7-18-8-6-17;/h2-11H2,1H3,(H3,14,15,16);1H. The highest BCUT2D eigenvalue weighted by molar-refractivity contribution is 14.0. The van der Waals surface area contributed by atoms with Gasteiger partial charge in [-0.15, -0.1) is 24.0 Å². The lowest BCUT2D eigenvalue weighted by Gasteiger charge is -2.36. The Labute approximate surface area is 138 Å². The van der Waals surface area contributed by atoms with Crippen molar-refractivity contribution >= 4 is 29.9 Å². The van der Waals surface area contributed by atoms with Gasteiger partial charge in [-0.1, -0.05) is 6.92 Å². The molecular formula is C13H27IN4O2. The van der Waals surface area contributed by atoms with Gasteiger partial charge in [0.2, 0.25) is 0 Å². The molecule has 0 spiro atoms. The Hall–Kier alpha value is -0.120. The predicted octanol–water partition coefficient (Wildman–Crippen LogP) is 0.268. The highest BCUT2D eigenvalue weighted by atomic mass is 127. The molecule has 0 aliphatic carbocycles. The topological polar surface area (TPSA) is 72.1 Å². The monoisotopic (exact) mass is 398 g/mol. The first-order valence-corrected chi connectivity index (χ1v) is 7.10. The fourth-order valence-electron chi connectivity index (χ4n) is 2.22. The van der Waals surface area contributed by atoms with Crippen molar-refractivity contribution in [1.82, 2.24) is 10.2 Å². The molecule has 3 N–H and O–H groups in total. The van der Waals surface area contributed by atoms with Crippen molar-refractivity contribution in [1.29, 1.82) is 0 Å². The number of hydrogen-bond acceptors (Lipinski definition) is 4. The minimum atomic E-state index is 0. The number of hydrogen-bond donors (Lipinski definition) is 2. The van der Waals surface area contributed by atoms with Crippen LogP contribution >= 0.6 is 24.0 Å². The van der Waals surface area contributed by atoms with E-state index in [2.05, 4.69) is 22.1 Å². The van der Waals surface area contributed by atoms with Crippen LogP contribution in [-0.4, -0.2) is 70.0 Å². The minimum absolute atomic E-state index is 0. The molecule has 0 amide bonds. The molecule has 0 unspecified atom stereocenters. The Balaban J connectivity index is 0.00000200. The van der Waals surface area contributed by atoms with Crippen molar-refractivity contribution < 1.29 is 9.47 Å². The van der Waals surface area contributed by atoms with Gasteiger partial charge in [0.25, 0.3) is 0 Å². The maximum absolute atomic E-state index is 5.84. The van der Waals surface area contributed by atoms with Gasteiger partial charge >= 0.3 is 0 Å². The summed E-state index contributed by atoms with van der Waals surface area (Å²) < 4.78 is 10.5. The van der Waals surface area contributed by atoms with Gasteiger partial charge in [0.1, 0.15) is 0 Å². The van der Waals surface area contributed by atoms with Crippen molar-refractivity contribution in [2.45, 2.75) is 13.3 Å². The third-order valence-corrected chi connectivity index (χ3v) is 3.59. The molecule has 6 nitrogen and oxygen atoms in total. The lowest BCUT2D eigenvalue weighted by molar-refractivity contribution is -0.0945. The van der Waals surface area contributed by atoms with Crippen LogP contribution in [0.25, 0.3) is 0 Å². The summed E-state index contributed by atoms with van der Waals surface area (Å²) in [5.41, 5.74) is 6.04. The van der Waals surface area contributed by atoms with E-state index >= 15 is 0 Å². The fourth-order valence-corrected chi connectivity index (χ4v) is 2.22. The van der Waals surface area contributed by atoms with E-state index in [1.807, 2.05) is 0 Å². The van der Waals surface area contributed by atoms with E-state index in [4.69, 9.17) is 15.2 Å². The van der Waals surface area contributed by atoms with Crippen LogP contribution in [0.5, 0.6) is 0 Å². The van der Waals surface area contributed by atoms with Crippen molar-refractivity contribution in [3.05, 3.63) is 0 Å². The van der Waals surface area contributed by atoms with Crippen LogP contribution in [0.1, 0.15) is 13.3 Å². The summed E-state index contributed by atoms with van der Waals surface area (Å²) in [5, 5.41) is 3.17. The number of guanidine groups is 1.